The molecule has 0 radical (unpaired) electrons. The Labute approximate surface area is 199 Å². The quantitative estimate of drug-likeness (QED) is 0.371. The Morgan fingerprint density at radius 3 is 2.41 bits per heavy atom. The van der Waals surface area contributed by atoms with E-state index in [4.69, 9.17) is 19.2 Å². The molecule has 0 bridgehead atoms. The molecule has 6 nitrogen and oxygen atoms in total. The maximum Gasteiger partial charge on any atom is 0.252 e. The summed E-state index contributed by atoms with van der Waals surface area (Å²) >= 11 is 0. The van der Waals surface area contributed by atoms with Crippen molar-refractivity contribution < 1.29 is 19.0 Å². The lowest BCUT2D eigenvalue weighted by Crippen LogP contribution is -2.26. The van der Waals surface area contributed by atoms with E-state index in [1.165, 1.54) is 0 Å². The summed E-state index contributed by atoms with van der Waals surface area (Å²) in [5.74, 6) is 2.18. The minimum absolute atomic E-state index is 0.146. The van der Waals surface area contributed by atoms with Gasteiger partial charge in [0.2, 0.25) is 0 Å². The highest BCUT2D eigenvalue weighted by atomic mass is 16.5. The SMILES string of the molecule is CCOc1ccc(-c2cc(C(=O)NCCc3cc(OC)ccc3OC)c3ccccc3n2)cc1. The van der Waals surface area contributed by atoms with Crippen LogP contribution in [0, 0.1) is 0 Å². The first-order chi connectivity index (χ1) is 16.6. The first kappa shape index (κ1) is 23.1. The predicted molar refractivity (Wildman–Crippen MR) is 134 cm³/mol. The van der Waals surface area contributed by atoms with Gasteiger partial charge < -0.3 is 19.5 Å². The van der Waals surface area contributed by atoms with Crippen LogP contribution in [0.2, 0.25) is 0 Å². The van der Waals surface area contributed by atoms with Crippen LogP contribution in [0.1, 0.15) is 22.8 Å². The van der Waals surface area contributed by atoms with Crippen LogP contribution in [-0.4, -0.2) is 38.3 Å². The van der Waals surface area contributed by atoms with E-state index in [1.54, 1.807) is 14.2 Å². The molecule has 6 heteroatoms. The molecule has 0 spiro atoms. The summed E-state index contributed by atoms with van der Waals surface area (Å²) in [6, 6.07) is 22.9. The number of rotatable bonds is 9. The van der Waals surface area contributed by atoms with Gasteiger partial charge in [0.25, 0.3) is 5.91 Å². The van der Waals surface area contributed by atoms with E-state index in [0.29, 0.717) is 25.1 Å². The van der Waals surface area contributed by atoms with Crippen molar-refractivity contribution in [3.05, 3.63) is 83.9 Å². The molecule has 0 saturated carbocycles. The lowest BCUT2D eigenvalue weighted by molar-refractivity contribution is 0.0955. The molecule has 0 aliphatic rings. The lowest BCUT2D eigenvalue weighted by atomic mass is 10.0. The highest BCUT2D eigenvalue weighted by Crippen LogP contribution is 2.27. The van der Waals surface area contributed by atoms with Gasteiger partial charge in [0, 0.05) is 17.5 Å². The second kappa shape index (κ2) is 10.7. The second-order valence-corrected chi connectivity index (χ2v) is 7.71. The van der Waals surface area contributed by atoms with Crippen LogP contribution in [0.4, 0.5) is 0 Å². The van der Waals surface area contributed by atoms with Gasteiger partial charge in [0.1, 0.15) is 17.2 Å². The van der Waals surface area contributed by atoms with Crippen molar-refractivity contribution in [2.24, 2.45) is 0 Å². The minimum atomic E-state index is -0.146. The molecule has 0 fully saturated rings. The zero-order valence-corrected chi connectivity index (χ0v) is 19.6. The topological polar surface area (TPSA) is 69.7 Å². The molecule has 0 atom stereocenters. The largest absolute Gasteiger partial charge is 0.497 e. The van der Waals surface area contributed by atoms with Crippen LogP contribution < -0.4 is 19.5 Å². The van der Waals surface area contributed by atoms with Gasteiger partial charge in [0.15, 0.2) is 0 Å². The monoisotopic (exact) mass is 456 g/mol. The van der Waals surface area contributed by atoms with Gasteiger partial charge in [-0.3, -0.25) is 4.79 Å². The molecule has 1 N–H and O–H groups in total. The average Bonchev–Trinajstić information content (AvgIpc) is 2.88. The molecule has 4 aromatic rings. The molecular weight excluding hydrogens is 428 g/mol. The summed E-state index contributed by atoms with van der Waals surface area (Å²) in [5, 5.41) is 3.86. The maximum absolute atomic E-state index is 13.2. The Kier molecular flexibility index (Phi) is 7.28. The third kappa shape index (κ3) is 5.12. The third-order valence-electron chi connectivity index (χ3n) is 5.59. The van der Waals surface area contributed by atoms with Gasteiger partial charge in [-0.1, -0.05) is 18.2 Å². The molecule has 0 aliphatic heterocycles. The predicted octanol–water partition coefficient (Wildman–Crippen LogP) is 5.29. The van der Waals surface area contributed by atoms with Crippen LogP contribution in [0.25, 0.3) is 22.2 Å². The van der Waals surface area contributed by atoms with E-state index in [-0.39, 0.29) is 5.91 Å². The van der Waals surface area contributed by atoms with Gasteiger partial charge >= 0.3 is 0 Å². The number of carbonyl (C=O) groups is 1. The van der Waals surface area contributed by atoms with E-state index < -0.39 is 0 Å². The molecular formula is C28H28N2O4. The fourth-order valence-electron chi connectivity index (χ4n) is 3.88. The molecule has 34 heavy (non-hydrogen) atoms. The second-order valence-electron chi connectivity index (χ2n) is 7.71. The zero-order valence-electron chi connectivity index (χ0n) is 19.6. The van der Waals surface area contributed by atoms with Crippen LogP contribution in [0.3, 0.4) is 0 Å². The molecule has 1 amide bonds. The van der Waals surface area contributed by atoms with Crippen molar-refractivity contribution in [2.45, 2.75) is 13.3 Å². The van der Waals surface area contributed by atoms with Crippen molar-refractivity contribution in [3.8, 4) is 28.5 Å². The lowest BCUT2D eigenvalue weighted by Gasteiger charge is -2.13. The smallest absolute Gasteiger partial charge is 0.252 e. The number of fused-ring (bicyclic) bond motifs is 1. The Morgan fingerprint density at radius 2 is 1.68 bits per heavy atom. The van der Waals surface area contributed by atoms with Gasteiger partial charge in [-0.25, -0.2) is 4.98 Å². The molecule has 4 rings (SSSR count). The van der Waals surface area contributed by atoms with E-state index >= 15 is 0 Å². The third-order valence-corrected chi connectivity index (χ3v) is 5.59. The van der Waals surface area contributed by atoms with Crippen molar-refractivity contribution in [1.82, 2.24) is 10.3 Å². The first-order valence-corrected chi connectivity index (χ1v) is 11.2. The van der Waals surface area contributed by atoms with Crippen molar-refractivity contribution in [2.75, 3.05) is 27.4 Å². The number of aromatic nitrogens is 1. The molecule has 174 valence electrons. The van der Waals surface area contributed by atoms with Crippen LogP contribution in [0.5, 0.6) is 17.2 Å². The molecule has 3 aromatic carbocycles. The number of methoxy groups -OCH3 is 2. The van der Waals surface area contributed by atoms with Crippen LogP contribution in [0.15, 0.2) is 72.8 Å². The number of hydrogen-bond acceptors (Lipinski definition) is 5. The van der Waals surface area contributed by atoms with Gasteiger partial charge in [0.05, 0.1) is 37.6 Å². The summed E-state index contributed by atoms with van der Waals surface area (Å²) < 4.78 is 16.3. The Hall–Kier alpha value is -4.06. The summed E-state index contributed by atoms with van der Waals surface area (Å²) in [6.07, 6.45) is 0.612. The van der Waals surface area contributed by atoms with E-state index in [1.807, 2.05) is 79.7 Å². The number of para-hydroxylation sites is 1. The van der Waals surface area contributed by atoms with Gasteiger partial charge in [-0.05, 0) is 73.5 Å². The molecule has 1 heterocycles. The van der Waals surface area contributed by atoms with Crippen molar-refractivity contribution >= 4 is 16.8 Å². The Bertz CT molecular complexity index is 1290. The summed E-state index contributed by atoms with van der Waals surface area (Å²) in [5.41, 5.74) is 3.99. The fraction of sp³-hybridized carbons (Fsp3) is 0.214. The number of hydrogen-bond donors (Lipinski definition) is 1. The van der Waals surface area contributed by atoms with Gasteiger partial charge in [-0.15, -0.1) is 0 Å². The Balaban J connectivity index is 1.57. The number of amides is 1. The number of nitrogens with one attached hydrogen (secondary N) is 1. The number of pyridine rings is 1. The van der Waals surface area contributed by atoms with Gasteiger partial charge in [-0.2, -0.15) is 0 Å². The standard InChI is InChI=1S/C28H28N2O4/c1-4-34-21-11-9-19(10-12-21)26-18-24(23-7-5-6-8-25(23)30-26)28(31)29-16-15-20-17-22(32-2)13-14-27(20)33-3/h5-14,17-18H,4,15-16H2,1-3H3,(H,29,31). The van der Waals surface area contributed by atoms with E-state index in [9.17, 15) is 4.79 Å². The van der Waals surface area contributed by atoms with E-state index in [0.717, 1.165) is 45.0 Å². The van der Waals surface area contributed by atoms with Crippen molar-refractivity contribution in [1.29, 1.82) is 0 Å². The molecule has 0 aliphatic carbocycles. The Morgan fingerprint density at radius 1 is 0.912 bits per heavy atom. The average molecular weight is 457 g/mol. The van der Waals surface area contributed by atoms with Crippen LogP contribution >= 0.6 is 0 Å². The van der Waals surface area contributed by atoms with Crippen molar-refractivity contribution in [3.63, 3.8) is 0 Å². The molecule has 0 saturated heterocycles. The fourth-order valence-corrected chi connectivity index (χ4v) is 3.88. The number of nitrogens with zero attached hydrogens (tertiary/aromatic N) is 1. The highest BCUT2D eigenvalue weighted by Gasteiger charge is 2.14. The van der Waals surface area contributed by atoms with Crippen LogP contribution in [-0.2, 0) is 6.42 Å². The zero-order chi connectivity index (χ0) is 23.9. The molecule has 1 aromatic heterocycles. The summed E-state index contributed by atoms with van der Waals surface area (Å²) in [6.45, 7) is 3.02. The maximum atomic E-state index is 13.2. The normalized spacial score (nSPS) is 10.7. The number of benzene rings is 3. The molecule has 0 unspecified atom stereocenters. The number of ether oxygens (including phenoxy) is 3. The minimum Gasteiger partial charge on any atom is -0.497 e. The first-order valence-electron chi connectivity index (χ1n) is 11.2. The number of carbonyl (C=O) groups excluding carboxylic acids is 1. The summed E-state index contributed by atoms with van der Waals surface area (Å²) in [7, 11) is 3.26. The summed E-state index contributed by atoms with van der Waals surface area (Å²) in [4.78, 5) is 18.0. The highest BCUT2D eigenvalue weighted by molar-refractivity contribution is 6.07. The van der Waals surface area contributed by atoms with E-state index in [2.05, 4.69) is 5.32 Å².